The molecule has 0 rings (SSSR count). The van der Waals surface area contributed by atoms with Crippen molar-refractivity contribution in [2.75, 3.05) is 9.86 Å². The maximum Gasteiger partial charge on any atom is 0.476 e. The van der Waals surface area contributed by atoms with Gasteiger partial charge in [0.1, 0.15) is 6.02 Å². The van der Waals surface area contributed by atoms with Gasteiger partial charge in [0.15, 0.2) is 0 Å². The Balaban J connectivity index is -0.000000239. The van der Waals surface area contributed by atoms with Crippen LogP contribution in [0, 0.1) is 0 Å². The second-order valence-electron chi connectivity index (χ2n) is 9.97. The molecule has 0 bridgehead atoms. The second-order valence-corrected chi connectivity index (χ2v) is 14.2. The molecular formula is C18H41AgCl2IO8P2. The molecule has 203 valence electrons. The fraction of sp³-hybridized carbons (Fsp3) is 1.00. The molecule has 0 aromatic heterocycles. The van der Waals surface area contributed by atoms with Gasteiger partial charge in [-0.25, -0.2) is 9.13 Å². The van der Waals surface area contributed by atoms with E-state index < -0.39 is 47.9 Å². The first-order valence-corrected chi connectivity index (χ1v) is 13.9. The van der Waals surface area contributed by atoms with Crippen LogP contribution in [-0.4, -0.2) is 37.2 Å². The average Bonchev–Trinajstić information content (AvgIpc) is 2.19. The molecule has 0 aliphatic rings. The molecule has 0 spiro atoms. The summed E-state index contributed by atoms with van der Waals surface area (Å²) in [7, 11) is -8.03. The molecule has 1 N–H and O–H groups in total. The molecule has 0 saturated carbocycles. The van der Waals surface area contributed by atoms with E-state index in [1.54, 1.807) is 83.1 Å². The van der Waals surface area contributed by atoms with Crippen LogP contribution < -0.4 is 0 Å². The largest absolute Gasteiger partial charge is 0.476 e. The Bertz CT molecular complexity index is 656. The van der Waals surface area contributed by atoms with Crippen molar-refractivity contribution in [2.24, 2.45) is 0 Å². The van der Waals surface area contributed by atoms with Crippen LogP contribution in [0.5, 0.6) is 0 Å². The molecule has 0 aliphatic heterocycles. The molecule has 0 saturated heterocycles. The summed E-state index contributed by atoms with van der Waals surface area (Å²) in [5.74, 6) is 0. The molecule has 0 aromatic rings. The number of phosphoric acid groups is 2. The van der Waals surface area contributed by atoms with Crippen molar-refractivity contribution in [1.29, 1.82) is 0 Å². The molecule has 0 unspecified atom stereocenters. The van der Waals surface area contributed by atoms with Gasteiger partial charge in [-0.1, -0.05) is 34.2 Å². The minimum absolute atomic E-state index is 0. The molecular weight excluding hydrogens is 712 g/mol. The summed E-state index contributed by atoms with van der Waals surface area (Å²) >= 11 is 11.6. The first-order valence-electron chi connectivity index (χ1n) is 11.1. The van der Waals surface area contributed by atoms with Crippen LogP contribution in [0.4, 0.5) is 0 Å². The van der Waals surface area contributed by atoms with Gasteiger partial charge in [-0.3, -0.25) is 22.6 Å². The molecule has 0 amide bonds. The molecule has 0 aromatic carbocycles. The number of hydrogen-bond donors (Lipinski definition) is 1. The summed E-state index contributed by atoms with van der Waals surface area (Å²) in [5.41, 5.74) is -3.00. The van der Waals surface area contributed by atoms with Crippen LogP contribution in [-0.2, 0) is 54.1 Å². The zero-order chi connectivity index (χ0) is 29.5. The van der Waals surface area contributed by atoms with Gasteiger partial charge in [0.2, 0.25) is 0 Å². The fourth-order valence-corrected chi connectivity index (χ4v) is 4.69. The molecule has 0 atom stereocenters. The van der Waals surface area contributed by atoms with Crippen molar-refractivity contribution >= 4 is 61.4 Å². The van der Waals surface area contributed by atoms with E-state index in [0.29, 0.717) is 0 Å². The molecule has 0 heterocycles. The third kappa shape index (κ3) is 34.4. The van der Waals surface area contributed by atoms with E-state index in [2.05, 4.69) is 4.52 Å². The zero-order valence-electron chi connectivity index (χ0n) is 24.6. The standard InChI is InChI=1S/C9H20ClO4P.C8H19O4P.CH2ClI.Ag/c1-8(2,3)13-15(11,12-7-10)14-9(4,5)6;1-7(2,3)11-13(9,10)12-8(4,5)6;2-1-3;/h7H2,1-6H3;1-6H3,(H,9,10);1H2;/i7D2;;1D2;. The number of hydrogen-bond acceptors (Lipinski definition) is 7. The Labute approximate surface area is 240 Å². The van der Waals surface area contributed by atoms with E-state index in [9.17, 15) is 14.0 Å². The summed E-state index contributed by atoms with van der Waals surface area (Å²) in [6, 6.07) is -2.62. The summed E-state index contributed by atoms with van der Waals surface area (Å²) in [6.45, 7) is 20.1. The molecule has 0 fully saturated rings. The third-order valence-electron chi connectivity index (χ3n) is 1.70. The van der Waals surface area contributed by atoms with Crippen LogP contribution in [0.2, 0.25) is 0 Å². The first kappa shape index (κ1) is 32.3. The van der Waals surface area contributed by atoms with Gasteiger partial charge in [-0.05, 0) is 83.1 Å². The smallest absolute Gasteiger partial charge is 0.302 e. The van der Waals surface area contributed by atoms with Crippen LogP contribution in [0.15, 0.2) is 0 Å². The number of alkyl halides is 3. The normalized spacial score (nSPS) is 16.0. The number of rotatable bonds is 6. The molecule has 32 heavy (non-hydrogen) atoms. The quantitative estimate of drug-likeness (QED) is 0.125. The SMILES string of the molecule is CC(C)(C)OP(=O)(O)OC(C)(C)C.[2H]C([2H])(Cl)I.[2H]C([2H])(Cl)OP(=O)(OC(C)(C)C)OC(C)(C)C.[Ag]. The molecule has 8 nitrogen and oxygen atoms in total. The zero-order valence-corrected chi connectivity index (χ0v) is 27.6. The molecule has 0 aliphatic carbocycles. The summed E-state index contributed by atoms with van der Waals surface area (Å²) < 4.78 is 73.6. The second kappa shape index (κ2) is 16.9. The van der Waals surface area contributed by atoms with Gasteiger partial charge in [0.05, 0.1) is 31.7 Å². The maximum absolute atomic E-state index is 12.3. The fourth-order valence-electron chi connectivity index (χ4n) is 1.48. The van der Waals surface area contributed by atoms with E-state index in [-0.39, 0.29) is 22.4 Å². The maximum atomic E-state index is 12.3. The van der Waals surface area contributed by atoms with E-state index in [1.165, 1.54) is 22.6 Å². The van der Waals surface area contributed by atoms with Crippen molar-refractivity contribution in [3.8, 4) is 0 Å². The molecule has 14 heteroatoms. The van der Waals surface area contributed by atoms with Crippen molar-refractivity contribution in [2.45, 2.75) is 105 Å². The number of phosphoric ester groups is 2. The van der Waals surface area contributed by atoms with E-state index >= 15 is 0 Å². The van der Waals surface area contributed by atoms with E-state index in [1.807, 2.05) is 0 Å². The van der Waals surface area contributed by atoms with Gasteiger partial charge in [0.25, 0.3) is 0 Å². The Hall–Kier alpha value is 2.27. The van der Waals surface area contributed by atoms with Crippen LogP contribution in [0.3, 0.4) is 0 Å². The van der Waals surface area contributed by atoms with Gasteiger partial charge in [-0.15, -0.1) is 11.6 Å². The van der Waals surface area contributed by atoms with Gasteiger partial charge in [0, 0.05) is 22.4 Å². The van der Waals surface area contributed by atoms with Crippen molar-refractivity contribution < 1.29 is 64.5 Å². The van der Waals surface area contributed by atoms with Crippen molar-refractivity contribution in [1.82, 2.24) is 0 Å². The van der Waals surface area contributed by atoms with Crippen LogP contribution in [0.1, 0.15) is 88.6 Å². The monoisotopic (exact) mass is 755 g/mol. The first-order chi connectivity index (χ1) is 14.5. The van der Waals surface area contributed by atoms with Crippen molar-refractivity contribution in [3.05, 3.63) is 0 Å². The minimum atomic E-state index is -4.09. The van der Waals surface area contributed by atoms with Gasteiger partial charge in [-0.2, -0.15) is 0 Å². The summed E-state index contributed by atoms with van der Waals surface area (Å²) in [4.78, 5) is 9.30. The average molecular weight is 757 g/mol. The predicted octanol–water partition coefficient (Wildman–Crippen LogP) is 8.27. The Morgan fingerprint density at radius 2 is 0.969 bits per heavy atom. The Kier molecular flexibility index (Phi) is 17.1. The Morgan fingerprint density at radius 1 is 0.750 bits per heavy atom. The summed E-state index contributed by atoms with van der Waals surface area (Å²) in [6.07, 6.45) is 0. The van der Waals surface area contributed by atoms with E-state index in [4.69, 9.17) is 46.8 Å². The predicted molar refractivity (Wildman–Crippen MR) is 137 cm³/mol. The van der Waals surface area contributed by atoms with E-state index in [0.717, 1.165) is 0 Å². The topological polar surface area (TPSA) is 101 Å². The Morgan fingerprint density at radius 3 is 1.12 bits per heavy atom. The minimum Gasteiger partial charge on any atom is -0.302 e. The van der Waals surface area contributed by atoms with Crippen LogP contribution >= 0.6 is 61.4 Å². The number of halogens is 3. The third-order valence-corrected chi connectivity index (χ3v) is 5.30. The van der Waals surface area contributed by atoms with Gasteiger partial charge < -0.3 is 4.89 Å². The summed E-state index contributed by atoms with van der Waals surface area (Å²) in [5, 5.41) is 0. The van der Waals surface area contributed by atoms with Crippen molar-refractivity contribution in [3.63, 3.8) is 0 Å². The van der Waals surface area contributed by atoms with Gasteiger partial charge >= 0.3 is 15.6 Å². The molecule has 1 radical (unpaired) electrons. The van der Waals surface area contributed by atoms with Crippen LogP contribution in [0.25, 0.3) is 0 Å².